The zero-order chi connectivity index (χ0) is 28.9. The van der Waals surface area contributed by atoms with Crippen molar-refractivity contribution in [3.63, 3.8) is 0 Å². The summed E-state index contributed by atoms with van der Waals surface area (Å²) in [5, 5.41) is 8.55. The van der Waals surface area contributed by atoms with Gasteiger partial charge in [-0.1, -0.05) is 30.3 Å². The van der Waals surface area contributed by atoms with E-state index < -0.39 is 0 Å². The largest absolute Gasteiger partial charge is 0.497 e. The molecule has 0 bridgehead atoms. The van der Waals surface area contributed by atoms with E-state index in [1.165, 1.54) is 0 Å². The highest BCUT2D eigenvalue weighted by Gasteiger charge is 2.24. The molecule has 1 aliphatic heterocycles. The molecule has 1 amide bonds. The number of aromatic nitrogens is 4. The Morgan fingerprint density at radius 1 is 0.881 bits per heavy atom. The Hall–Kier alpha value is -5.12. The second-order valence-electron chi connectivity index (χ2n) is 10.0. The predicted molar refractivity (Wildman–Crippen MR) is 163 cm³/mol. The first-order valence-corrected chi connectivity index (χ1v) is 14.0. The summed E-state index contributed by atoms with van der Waals surface area (Å²) in [6.07, 6.45) is 4.16. The molecular formula is C32H33N7O3. The second kappa shape index (κ2) is 12.2. The van der Waals surface area contributed by atoms with Crippen molar-refractivity contribution in [2.75, 3.05) is 56.7 Å². The van der Waals surface area contributed by atoms with Gasteiger partial charge in [0.25, 0.3) is 5.91 Å². The number of ether oxygens (including phenoxy) is 2. The lowest BCUT2D eigenvalue weighted by molar-refractivity contribution is 0.0954. The van der Waals surface area contributed by atoms with E-state index in [1.807, 2.05) is 83.7 Å². The number of hydrogen-bond acceptors (Lipinski definition) is 8. The van der Waals surface area contributed by atoms with E-state index in [4.69, 9.17) is 9.47 Å². The number of nitrogens with zero attached hydrogens (tertiary/aromatic N) is 6. The van der Waals surface area contributed by atoms with Crippen molar-refractivity contribution in [1.29, 1.82) is 0 Å². The van der Waals surface area contributed by atoms with Crippen LogP contribution in [-0.4, -0.2) is 72.6 Å². The number of carbonyl (C=O) groups excluding carboxylic acids is 1. The molecule has 3 heterocycles. The fourth-order valence-corrected chi connectivity index (χ4v) is 5.33. The Labute approximate surface area is 244 Å². The Balaban J connectivity index is 1.13. The van der Waals surface area contributed by atoms with E-state index in [0.717, 1.165) is 71.5 Å². The lowest BCUT2D eigenvalue weighted by Crippen LogP contribution is -2.47. The van der Waals surface area contributed by atoms with Crippen molar-refractivity contribution in [1.82, 2.24) is 25.1 Å². The van der Waals surface area contributed by atoms with Gasteiger partial charge in [-0.25, -0.2) is 14.6 Å². The molecular weight excluding hydrogens is 530 g/mol. The monoisotopic (exact) mass is 563 g/mol. The predicted octanol–water partition coefficient (Wildman–Crippen LogP) is 4.13. The lowest BCUT2D eigenvalue weighted by atomic mass is 10.1. The number of piperazine rings is 1. The minimum Gasteiger partial charge on any atom is -0.497 e. The van der Waals surface area contributed by atoms with E-state index in [2.05, 4.69) is 30.2 Å². The molecule has 0 radical (unpaired) electrons. The maximum Gasteiger partial charge on any atom is 0.251 e. The van der Waals surface area contributed by atoms with Crippen molar-refractivity contribution in [3.05, 3.63) is 96.4 Å². The quantitative estimate of drug-likeness (QED) is 0.286. The van der Waals surface area contributed by atoms with E-state index in [0.29, 0.717) is 18.5 Å². The summed E-state index contributed by atoms with van der Waals surface area (Å²) >= 11 is 0. The molecule has 3 aromatic carbocycles. The number of methoxy groups -OCH3 is 2. The third-order valence-electron chi connectivity index (χ3n) is 7.54. The normalized spacial score (nSPS) is 13.3. The van der Waals surface area contributed by atoms with Gasteiger partial charge in [0.2, 0.25) is 0 Å². The fourth-order valence-electron chi connectivity index (χ4n) is 5.33. The van der Waals surface area contributed by atoms with E-state index >= 15 is 0 Å². The minimum absolute atomic E-state index is 0.112. The highest BCUT2D eigenvalue weighted by molar-refractivity contribution is 5.95. The van der Waals surface area contributed by atoms with Gasteiger partial charge in [0.15, 0.2) is 5.65 Å². The first-order chi connectivity index (χ1) is 20.6. The van der Waals surface area contributed by atoms with Gasteiger partial charge < -0.3 is 24.6 Å². The molecule has 1 saturated heterocycles. The van der Waals surface area contributed by atoms with Crippen LogP contribution in [0.1, 0.15) is 15.9 Å². The molecule has 6 rings (SSSR count). The maximum absolute atomic E-state index is 13.0. The lowest BCUT2D eigenvalue weighted by Gasteiger charge is -2.37. The highest BCUT2D eigenvalue weighted by Crippen LogP contribution is 2.32. The molecule has 1 aliphatic rings. The minimum atomic E-state index is -0.112. The van der Waals surface area contributed by atoms with Crippen LogP contribution in [0.15, 0.2) is 85.3 Å². The molecule has 1 N–H and O–H groups in total. The summed E-state index contributed by atoms with van der Waals surface area (Å²) in [5.74, 6) is 2.31. The summed E-state index contributed by atoms with van der Waals surface area (Å²) in [5.41, 5.74) is 4.35. The van der Waals surface area contributed by atoms with Crippen LogP contribution in [0.4, 0.5) is 11.5 Å². The van der Waals surface area contributed by atoms with Crippen molar-refractivity contribution < 1.29 is 14.3 Å². The second-order valence-corrected chi connectivity index (χ2v) is 10.0. The topological polar surface area (TPSA) is 97.6 Å². The number of fused-ring (bicyclic) bond motifs is 1. The van der Waals surface area contributed by atoms with Crippen molar-refractivity contribution in [2.45, 2.75) is 6.42 Å². The number of rotatable bonds is 9. The first kappa shape index (κ1) is 27.1. The molecule has 0 atom stereocenters. The van der Waals surface area contributed by atoms with Crippen LogP contribution in [0.3, 0.4) is 0 Å². The highest BCUT2D eigenvalue weighted by atomic mass is 16.5. The van der Waals surface area contributed by atoms with Crippen LogP contribution < -0.4 is 24.6 Å². The van der Waals surface area contributed by atoms with Gasteiger partial charge in [0, 0.05) is 38.3 Å². The number of nitrogens with one attached hydrogen (secondary N) is 1. The van der Waals surface area contributed by atoms with E-state index in [9.17, 15) is 4.79 Å². The number of benzene rings is 3. The van der Waals surface area contributed by atoms with Gasteiger partial charge in [-0.15, -0.1) is 0 Å². The average molecular weight is 564 g/mol. The molecule has 0 aliphatic carbocycles. The van der Waals surface area contributed by atoms with Crippen LogP contribution in [0.5, 0.6) is 11.5 Å². The molecule has 0 spiro atoms. The van der Waals surface area contributed by atoms with Crippen LogP contribution in [0, 0.1) is 0 Å². The molecule has 42 heavy (non-hydrogen) atoms. The zero-order valence-corrected chi connectivity index (χ0v) is 23.7. The van der Waals surface area contributed by atoms with Gasteiger partial charge in [-0.2, -0.15) is 5.10 Å². The van der Waals surface area contributed by atoms with Crippen LogP contribution in [0.2, 0.25) is 0 Å². The standard InChI is InChI=1S/C32H33N7O3/c1-41-26-10-6-7-23(19-26)13-14-33-32(40)24-11-12-29(42-2)28(20-24)37-15-17-38(18-16-37)30-27-21-36-39(31(27)35-22-34-30)25-8-4-3-5-9-25/h3-12,19-22H,13-18H2,1-2H3,(H,33,40). The van der Waals surface area contributed by atoms with Crippen molar-refractivity contribution in [3.8, 4) is 17.2 Å². The number of carbonyl (C=O) groups is 1. The molecule has 2 aromatic heterocycles. The van der Waals surface area contributed by atoms with Crippen LogP contribution >= 0.6 is 0 Å². The summed E-state index contributed by atoms with van der Waals surface area (Å²) in [6, 6.07) is 23.4. The van der Waals surface area contributed by atoms with Crippen molar-refractivity contribution in [2.24, 2.45) is 0 Å². The van der Waals surface area contributed by atoms with Gasteiger partial charge in [-0.3, -0.25) is 4.79 Å². The molecule has 0 unspecified atom stereocenters. The van der Waals surface area contributed by atoms with Gasteiger partial charge in [0.05, 0.1) is 37.2 Å². The third kappa shape index (κ3) is 5.56. The third-order valence-corrected chi connectivity index (χ3v) is 7.54. The first-order valence-electron chi connectivity index (χ1n) is 14.0. The van der Waals surface area contributed by atoms with Gasteiger partial charge in [-0.05, 0) is 54.4 Å². The SMILES string of the molecule is COc1cccc(CCNC(=O)c2ccc(OC)c(N3CCN(c4ncnc5c4cnn5-c4ccccc4)CC3)c2)c1. The van der Waals surface area contributed by atoms with E-state index in [1.54, 1.807) is 20.5 Å². The Kier molecular flexibility index (Phi) is 7.85. The smallest absolute Gasteiger partial charge is 0.251 e. The summed E-state index contributed by atoms with van der Waals surface area (Å²) in [4.78, 5) is 26.7. The summed E-state index contributed by atoms with van der Waals surface area (Å²) in [7, 11) is 3.31. The van der Waals surface area contributed by atoms with Crippen LogP contribution in [-0.2, 0) is 6.42 Å². The maximum atomic E-state index is 13.0. The number of anilines is 2. The Bertz CT molecular complexity index is 1680. The van der Waals surface area contributed by atoms with Crippen molar-refractivity contribution >= 4 is 28.4 Å². The van der Waals surface area contributed by atoms with Gasteiger partial charge >= 0.3 is 0 Å². The average Bonchev–Trinajstić information content (AvgIpc) is 3.49. The molecule has 0 saturated carbocycles. The molecule has 5 aromatic rings. The van der Waals surface area contributed by atoms with E-state index in [-0.39, 0.29) is 5.91 Å². The zero-order valence-electron chi connectivity index (χ0n) is 23.7. The fraction of sp³-hybridized carbons (Fsp3) is 0.250. The molecule has 1 fully saturated rings. The Morgan fingerprint density at radius 3 is 2.48 bits per heavy atom. The van der Waals surface area contributed by atoms with Gasteiger partial charge in [0.1, 0.15) is 23.6 Å². The number of amides is 1. The Morgan fingerprint density at radius 2 is 1.69 bits per heavy atom. The summed E-state index contributed by atoms with van der Waals surface area (Å²) in [6.45, 7) is 3.52. The molecule has 10 nitrogen and oxygen atoms in total. The van der Waals surface area contributed by atoms with Crippen LogP contribution in [0.25, 0.3) is 16.7 Å². The summed E-state index contributed by atoms with van der Waals surface area (Å²) < 4.78 is 12.8. The molecule has 10 heteroatoms. The number of hydrogen-bond donors (Lipinski definition) is 1. The number of para-hydroxylation sites is 1. The molecule has 214 valence electrons.